The summed E-state index contributed by atoms with van der Waals surface area (Å²) in [5, 5.41) is 9.48. The van der Waals surface area contributed by atoms with Crippen molar-refractivity contribution in [1.29, 1.82) is 0 Å². The van der Waals surface area contributed by atoms with E-state index in [4.69, 9.17) is 4.74 Å². The number of carbonyl (C=O) groups is 1. The molecule has 4 aromatic carbocycles. The van der Waals surface area contributed by atoms with E-state index in [2.05, 4.69) is 65.6 Å². The number of likely N-dealkylation sites (tertiary alicyclic amines) is 1. The van der Waals surface area contributed by atoms with Crippen LogP contribution in [0.25, 0.3) is 11.1 Å². The van der Waals surface area contributed by atoms with Crippen LogP contribution in [0, 0.1) is 5.92 Å². The van der Waals surface area contributed by atoms with Crippen LogP contribution >= 0.6 is 0 Å². The molecule has 0 bridgehead atoms. The number of aliphatic carboxylic acids is 1. The minimum absolute atomic E-state index is 0.0221. The molecule has 1 saturated heterocycles. The molecule has 4 nitrogen and oxygen atoms in total. The van der Waals surface area contributed by atoms with Gasteiger partial charge in [-0.2, -0.15) is 0 Å². The molecular weight excluding hydrogens is 434 g/mol. The number of rotatable bonds is 7. The first kappa shape index (κ1) is 22.9. The monoisotopic (exact) mass is 463 g/mol. The predicted octanol–water partition coefficient (Wildman–Crippen LogP) is 7.03. The van der Waals surface area contributed by atoms with E-state index in [0.717, 1.165) is 30.2 Å². The fraction of sp³-hybridized carbons (Fsp3) is 0.194. The van der Waals surface area contributed by atoms with E-state index < -0.39 is 5.97 Å². The van der Waals surface area contributed by atoms with E-state index in [1.165, 1.54) is 16.7 Å². The van der Waals surface area contributed by atoms with Crippen LogP contribution in [-0.2, 0) is 4.79 Å². The summed E-state index contributed by atoms with van der Waals surface area (Å²) in [6, 6.07) is 37.2. The summed E-state index contributed by atoms with van der Waals surface area (Å²) < 4.78 is 6.12. The molecule has 0 saturated carbocycles. The molecular formula is C31H29NO3. The second kappa shape index (κ2) is 10.6. The van der Waals surface area contributed by atoms with Crippen molar-refractivity contribution in [2.45, 2.75) is 18.9 Å². The summed E-state index contributed by atoms with van der Waals surface area (Å²) in [5.74, 6) is 0.641. The van der Waals surface area contributed by atoms with Gasteiger partial charge in [0, 0.05) is 0 Å². The van der Waals surface area contributed by atoms with Crippen LogP contribution < -0.4 is 4.74 Å². The van der Waals surface area contributed by atoms with Crippen LogP contribution in [0.3, 0.4) is 0 Å². The molecule has 1 atom stereocenters. The molecule has 5 rings (SSSR count). The van der Waals surface area contributed by atoms with E-state index in [1.54, 1.807) is 0 Å². The van der Waals surface area contributed by atoms with E-state index >= 15 is 0 Å². The van der Waals surface area contributed by atoms with Gasteiger partial charge in [-0.15, -0.1) is 0 Å². The van der Waals surface area contributed by atoms with Crippen LogP contribution in [0.1, 0.15) is 30.0 Å². The first-order valence-corrected chi connectivity index (χ1v) is 12.1. The Labute approximate surface area is 206 Å². The van der Waals surface area contributed by atoms with Crippen molar-refractivity contribution in [3.8, 4) is 22.6 Å². The van der Waals surface area contributed by atoms with E-state index in [9.17, 15) is 9.90 Å². The van der Waals surface area contributed by atoms with E-state index in [-0.39, 0.29) is 12.0 Å². The molecule has 4 heteroatoms. The summed E-state index contributed by atoms with van der Waals surface area (Å²) in [6.45, 7) is 1.48. The van der Waals surface area contributed by atoms with Gasteiger partial charge < -0.3 is 9.84 Å². The maximum absolute atomic E-state index is 11.5. The second-order valence-corrected chi connectivity index (χ2v) is 9.03. The number of hydrogen-bond donors (Lipinski definition) is 1. The lowest BCUT2D eigenvalue weighted by Gasteiger charge is -2.37. The van der Waals surface area contributed by atoms with Crippen molar-refractivity contribution < 1.29 is 14.6 Å². The zero-order valence-corrected chi connectivity index (χ0v) is 19.6. The maximum Gasteiger partial charge on any atom is 0.306 e. The van der Waals surface area contributed by atoms with Crippen LogP contribution in [0.2, 0.25) is 0 Å². The van der Waals surface area contributed by atoms with Gasteiger partial charge in [0.15, 0.2) is 0 Å². The third-order valence-electron chi connectivity index (χ3n) is 6.73. The molecule has 176 valence electrons. The van der Waals surface area contributed by atoms with Gasteiger partial charge in [-0.05, 0) is 72.5 Å². The minimum atomic E-state index is -0.688. The van der Waals surface area contributed by atoms with Crippen molar-refractivity contribution in [2.75, 3.05) is 13.1 Å². The molecule has 0 amide bonds. The Bertz CT molecular complexity index is 1250. The van der Waals surface area contributed by atoms with Gasteiger partial charge in [-0.1, -0.05) is 84.9 Å². The van der Waals surface area contributed by atoms with Gasteiger partial charge in [0.05, 0.1) is 12.0 Å². The number of nitrogens with zero attached hydrogens (tertiary/aromatic N) is 1. The molecule has 1 heterocycles. The smallest absolute Gasteiger partial charge is 0.306 e. The molecule has 1 fully saturated rings. The van der Waals surface area contributed by atoms with Gasteiger partial charge in [-0.3, -0.25) is 9.69 Å². The average Bonchev–Trinajstić information content (AvgIpc) is 2.91. The predicted molar refractivity (Wildman–Crippen MR) is 139 cm³/mol. The number of para-hydroxylation sites is 1. The van der Waals surface area contributed by atoms with Crippen molar-refractivity contribution in [2.24, 2.45) is 5.92 Å². The van der Waals surface area contributed by atoms with Crippen LogP contribution in [0.4, 0.5) is 0 Å². The number of piperidine rings is 1. The molecule has 0 aromatic heterocycles. The highest BCUT2D eigenvalue weighted by molar-refractivity contribution is 5.70. The van der Waals surface area contributed by atoms with Gasteiger partial charge in [0.2, 0.25) is 0 Å². The third-order valence-corrected chi connectivity index (χ3v) is 6.73. The Morgan fingerprint density at radius 2 is 1.31 bits per heavy atom. The summed E-state index contributed by atoms with van der Waals surface area (Å²) in [5.41, 5.74) is 4.70. The Morgan fingerprint density at radius 1 is 0.714 bits per heavy atom. The largest absolute Gasteiger partial charge is 0.481 e. The average molecular weight is 464 g/mol. The summed E-state index contributed by atoms with van der Waals surface area (Å²) in [6.07, 6.45) is 1.32. The molecule has 1 aliphatic rings. The highest BCUT2D eigenvalue weighted by Gasteiger charge is 2.30. The SMILES string of the molecule is O=C(O)C1CCN(C(c2ccc(-c3ccccc3)cc2)c2cccc(Oc3ccccc3)c2)CC1. The Balaban J connectivity index is 1.46. The molecule has 35 heavy (non-hydrogen) atoms. The standard InChI is InChI=1S/C31H29NO3/c33-31(34)26-18-20-32(21-19-26)30(25-16-14-24(15-17-25)23-8-3-1-4-9-23)27-10-7-13-29(22-27)35-28-11-5-2-6-12-28/h1-17,22,26,30H,18-21H2,(H,33,34). The Hall–Kier alpha value is -3.89. The lowest BCUT2D eigenvalue weighted by atomic mass is 9.90. The van der Waals surface area contributed by atoms with Crippen molar-refractivity contribution in [3.05, 3.63) is 120 Å². The number of carboxylic acids is 1. The summed E-state index contributed by atoms with van der Waals surface area (Å²) >= 11 is 0. The number of carboxylic acid groups (broad SMARTS) is 1. The molecule has 1 unspecified atom stereocenters. The number of benzene rings is 4. The topological polar surface area (TPSA) is 49.8 Å². The van der Waals surface area contributed by atoms with Gasteiger partial charge in [0.1, 0.15) is 11.5 Å². The molecule has 1 N–H and O–H groups in total. The molecule has 0 spiro atoms. The van der Waals surface area contributed by atoms with Gasteiger partial charge >= 0.3 is 5.97 Å². The molecule has 0 aliphatic carbocycles. The molecule has 0 radical (unpaired) electrons. The summed E-state index contributed by atoms with van der Waals surface area (Å²) in [7, 11) is 0. The number of ether oxygens (including phenoxy) is 1. The third kappa shape index (κ3) is 5.44. The zero-order chi connectivity index (χ0) is 24.0. The van der Waals surface area contributed by atoms with Crippen LogP contribution in [-0.4, -0.2) is 29.1 Å². The summed E-state index contributed by atoms with van der Waals surface area (Å²) in [4.78, 5) is 13.9. The van der Waals surface area contributed by atoms with Crippen LogP contribution in [0.15, 0.2) is 109 Å². The molecule has 4 aromatic rings. The first-order chi connectivity index (χ1) is 17.2. The Morgan fingerprint density at radius 3 is 1.97 bits per heavy atom. The van der Waals surface area contributed by atoms with Crippen molar-refractivity contribution in [1.82, 2.24) is 4.90 Å². The van der Waals surface area contributed by atoms with Gasteiger partial charge in [-0.25, -0.2) is 0 Å². The van der Waals surface area contributed by atoms with Crippen molar-refractivity contribution >= 4 is 5.97 Å². The van der Waals surface area contributed by atoms with Crippen molar-refractivity contribution in [3.63, 3.8) is 0 Å². The van der Waals surface area contributed by atoms with Crippen LogP contribution in [0.5, 0.6) is 11.5 Å². The lowest BCUT2D eigenvalue weighted by Crippen LogP contribution is -2.39. The fourth-order valence-electron chi connectivity index (χ4n) is 4.88. The Kier molecular flexibility index (Phi) is 6.92. The van der Waals surface area contributed by atoms with E-state index in [1.807, 2.05) is 48.5 Å². The minimum Gasteiger partial charge on any atom is -0.481 e. The molecule has 1 aliphatic heterocycles. The fourth-order valence-corrected chi connectivity index (χ4v) is 4.88. The first-order valence-electron chi connectivity index (χ1n) is 12.1. The van der Waals surface area contributed by atoms with Gasteiger partial charge in [0.25, 0.3) is 0 Å². The highest BCUT2D eigenvalue weighted by atomic mass is 16.5. The highest BCUT2D eigenvalue weighted by Crippen LogP contribution is 2.35. The lowest BCUT2D eigenvalue weighted by molar-refractivity contribution is -0.143. The normalized spacial score (nSPS) is 15.4. The second-order valence-electron chi connectivity index (χ2n) is 9.03. The number of hydrogen-bond acceptors (Lipinski definition) is 3. The quantitative estimate of drug-likeness (QED) is 0.320. The maximum atomic E-state index is 11.5. The zero-order valence-electron chi connectivity index (χ0n) is 19.6. The van der Waals surface area contributed by atoms with E-state index in [0.29, 0.717) is 12.8 Å².